The quantitative estimate of drug-likeness (QED) is 0.749. The first-order valence-corrected chi connectivity index (χ1v) is 6.60. The monoisotopic (exact) mass is 198 g/mol. The molecular weight excluding hydrogens is 180 g/mol. The van der Waals surface area contributed by atoms with Gasteiger partial charge in [0.05, 0.1) is 19.5 Å². The number of hydrogen-bond donors (Lipinski definition) is 1. The minimum atomic E-state index is -0.666. The zero-order valence-electron chi connectivity index (χ0n) is 8.68. The Morgan fingerprint density at radius 1 is 1.38 bits per heavy atom. The zero-order valence-corrected chi connectivity index (χ0v) is 9.68. The van der Waals surface area contributed by atoms with Gasteiger partial charge in [-0.3, -0.25) is 0 Å². The lowest BCUT2D eigenvalue weighted by Gasteiger charge is -1.99. The maximum absolute atomic E-state index is 8.95. The molecule has 0 aromatic carbocycles. The predicted octanol–water partition coefficient (Wildman–Crippen LogP) is 1.87. The summed E-state index contributed by atoms with van der Waals surface area (Å²) in [5, 5.41) is 11.6. The van der Waals surface area contributed by atoms with Crippen LogP contribution in [-0.2, 0) is 12.5 Å². The van der Waals surface area contributed by atoms with E-state index in [-0.39, 0.29) is 6.61 Å². The first kappa shape index (κ1) is 10.7. The Hall–Kier alpha value is -0.413. The van der Waals surface area contributed by atoms with E-state index in [2.05, 4.69) is 13.8 Å². The molecule has 0 atom stereocenters. The van der Waals surface area contributed by atoms with Gasteiger partial charge in [0.25, 0.3) is 0 Å². The number of aliphatic hydroxyl groups is 1. The normalized spacial score (nSPS) is 10.8. The fraction of sp³-hybridized carbons (Fsp3) is 0.700. The molecule has 0 unspecified atom stereocenters. The van der Waals surface area contributed by atoms with Crippen molar-refractivity contribution in [3.63, 3.8) is 0 Å². The van der Waals surface area contributed by atoms with Crippen molar-refractivity contribution >= 4 is 8.40 Å². The lowest BCUT2D eigenvalue weighted by atomic mass is 10.3. The molecular formula is C10H18O2Si. The van der Waals surface area contributed by atoms with Gasteiger partial charge in [0, 0.05) is 6.61 Å². The van der Waals surface area contributed by atoms with Crippen LogP contribution in [0.3, 0.4) is 0 Å². The van der Waals surface area contributed by atoms with E-state index in [1.165, 1.54) is 11.6 Å². The summed E-state index contributed by atoms with van der Waals surface area (Å²) >= 11 is 0. The molecule has 0 aliphatic heterocycles. The molecule has 13 heavy (non-hydrogen) atoms. The van der Waals surface area contributed by atoms with E-state index in [4.69, 9.17) is 9.52 Å². The van der Waals surface area contributed by atoms with Gasteiger partial charge in [-0.1, -0.05) is 13.3 Å². The molecule has 0 aliphatic rings. The molecule has 0 saturated heterocycles. The second-order valence-corrected chi connectivity index (χ2v) is 6.16. The molecule has 0 saturated carbocycles. The molecule has 0 amide bonds. The van der Waals surface area contributed by atoms with E-state index >= 15 is 0 Å². The largest absolute Gasteiger partial charge is 0.472 e. The molecule has 1 aromatic heterocycles. The third-order valence-electron chi connectivity index (χ3n) is 2.38. The molecule has 0 radical (unpaired) electrons. The summed E-state index contributed by atoms with van der Waals surface area (Å²) in [6.45, 7) is 6.57. The van der Waals surface area contributed by atoms with Crippen LogP contribution in [-0.4, -0.2) is 20.1 Å². The Kier molecular flexibility index (Phi) is 3.87. The SMILES string of the molecule is CCCc1c(C)oc(C)[si]1CCO. The Morgan fingerprint density at radius 3 is 2.62 bits per heavy atom. The van der Waals surface area contributed by atoms with E-state index in [0.717, 1.165) is 23.6 Å². The number of rotatable bonds is 4. The van der Waals surface area contributed by atoms with Crippen LogP contribution in [0.5, 0.6) is 0 Å². The fourth-order valence-corrected chi connectivity index (χ4v) is 4.40. The fourth-order valence-electron chi connectivity index (χ4n) is 1.79. The van der Waals surface area contributed by atoms with Crippen LogP contribution in [0.1, 0.15) is 29.7 Å². The molecule has 74 valence electrons. The Morgan fingerprint density at radius 2 is 2.08 bits per heavy atom. The van der Waals surface area contributed by atoms with E-state index in [9.17, 15) is 0 Å². The van der Waals surface area contributed by atoms with Crippen molar-refractivity contribution in [1.29, 1.82) is 0 Å². The van der Waals surface area contributed by atoms with Crippen LogP contribution in [0.4, 0.5) is 0 Å². The summed E-state index contributed by atoms with van der Waals surface area (Å²) in [5.74, 6) is 1.10. The number of hydrogen-bond acceptors (Lipinski definition) is 2. The second kappa shape index (κ2) is 4.72. The lowest BCUT2D eigenvalue weighted by Crippen LogP contribution is -2.10. The van der Waals surface area contributed by atoms with Crippen LogP contribution in [0, 0.1) is 13.8 Å². The summed E-state index contributed by atoms with van der Waals surface area (Å²) in [6, 6.07) is 0.906. The lowest BCUT2D eigenvalue weighted by molar-refractivity contribution is 0.308. The average molecular weight is 198 g/mol. The molecule has 0 spiro atoms. The van der Waals surface area contributed by atoms with Crippen LogP contribution in [0.2, 0.25) is 0 Å². The minimum absolute atomic E-state index is 0.287. The van der Waals surface area contributed by atoms with Crippen molar-refractivity contribution in [2.75, 3.05) is 6.61 Å². The van der Waals surface area contributed by atoms with E-state index in [0.29, 0.717) is 0 Å². The maximum atomic E-state index is 8.95. The van der Waals surface area contributed by atoms with Gasteiger partial charge in [0.1, 0.15) is 0 Å². The third kappa shape index (κ3) is 2.29. The highest BCUT2D eigenvalue weighted by Gasteiger charge is 2.13. The van der Waals surface area contributed by atoms with Gasteiger partial charge in [0.2, 0.25) is 0 Å². The van der Waals surface area contributed by atoms with Gasteiger partial charge >= 0.3 is 0 Å². The Labute approximate surface area is 81.1 Å². The van der Waals surface area contributed by atoms with Gasteiger partial charge in [-0.2, -0.15) is 0 Å². The first-order chi connectivity index (χ1) is 6.20. The van der Waals surface area contributed by atoms with Crippen LogP contribution >= 0.6 is 0 Å². The third-order valence-corrected chi connectivity index (χ3v) is 5.39. The summed E-state index contributed by atoms with van der Waals surface area (Å²) in [6.07, 6.45) is 2.31. The Balaban J connectivity index is 2.98. The van der Waals surface area contributed by atoms with Gasteiger partial charge in [0.15, 0.2) is 0 Å². The minimum Gasteiger partial charge on any atom is -0.472 e. The summed E-state index contributed by atoms with van der Waals surface area (Å²) in [7, 11) is -0.666. The topological polar surface area (TPSA) is 33.4 Å². The molecule has 1 aromatic rings. The molecule has 1 rings (SSSR count). The molecule has 3 heteroatoms. The number of aryl methyl sites for hydroxylation is 2. The van der Waals surface area contributed by atoms with Gasteiger partial charge in [-0.25, -0.2) is 0 Å². The standard InChI is InChI=1S/C10H18O2Si/c1-4-5-10-8(2)12-9(3)13(10)7-6-11/h11H,4-7H2,1-3H3. The van der Waals surface area contributed by atoms with E-state index < -0.39 is 8.40 Å². The highest BCUT2D eigenvalue weighted by atomic mass is 28.2. The first-order valence-electron chi connectivity index (χ1n) is 4.89. The van der Waals surface area contributed by atoms with Gasteiger partial charge < -0.3 is 9.52 Å². The Bertz CT molecular complexity index is 252. The average Bonchev–Trinajstić information content (AvgIpc) is 2.33. The van der Waals surface area contributed by atoms with Crippen molar-refractivity contribution in [1.82, 2.24) is 0 Å². The molecule has 1 N–H and O–H groups in total. The van der Waals surface area contributed by atoms with Gasteiger partial charge in [-0.15, -0.1) is 0 Å². The van der Waals surface area contributed by atoms with Crippen LogP contribution in [0.15, 0.2) is 4.42 Å². The smallest absolute Gasteiger partial charge is 0.0988 e. The maximum Gasteiger partial charge on any atom is 0.0988 e. The summed E-state index contributed by atoms with van der Waals surface area (Å²) in [4.78, 5) is 0. The molecule has 0 bridgehead atoms. The highest BCUT2D eigenvalue weighted by molar-refractivity contribution is 6.54. The summed E-state index contributed by atoms with van der Waals surface area (Å²) < 4.78 is 5.62. The van der Waals surface area contributed by atoms with Crippen LogP contribution < -0.4 is 0 Å². The second-order valence-electron chi connectivity index (χ2n) is 3.40. The zero-order chi connectivity index (χ0) is 9.84. The van der Waals surface area contributed by atoms with E-state index in [1.807, 2.05) is 6.92 Å². The van der Waals surface area contributed by atoms with Crippen molar-refractivity contribution in [2.24, 2.45) is 0 Å². The molecule has 0 fully saturated rings. The van der Waals surface area contributed by atoms with Crippen molar-refractivity contribution < 1.29 is 9.52 Å². The van der Waals surface area contributed by atoms with E-state index in [1.54, 1.807) is 0 Å². The molecule has 2 nitrogen and oxygen atoms in total. The van der Waals surface area contributed by atoms with Crippen molar-refractivity contribution in [3.05, 3.63) is 16.3 Å². The van der Waals surface area contributed by atoms with Crippen molar-refractivity contribution in [3.8, 4) is 0 Å². The van der Waals surface area contributed by atoms with Crippen LogP contribution in [0.25, 0.3) is 0 Å². The van der Waals surface area contributed by atoms with Crippen molar-refractivity contribution in [2.45, 2.75) is 39.7 Å². The predicted molar refractivity (Wildman–Crippen MR) is 55.2 cm³/mol. The van der Waals surface area contributed by atoms with Gasteiger partial charge in [-0.05, 0) is 31.5 Å². The number of aliphatic hydroxyl groups excluding tert-OH is 1. The summed E-state index contributed by atoms with van der Waals surface area (Å²) in [5.41, 5.74) is 0. The molecule has 1 heterocycles. The highest BCUT2D eigenvalue weighted by Crippen LogP contribution is 2.15. The molecule has 0 aliphatic carbocycles.